The zero-order valence-corrected chi connectivity index (χ0v) is 18.9. The van der Waals surface area contributed by atoms with Crippen molar-refractivity contribution in [2.24, 2.45) is 35.0 Å². The summed E-state index contributed by atoms with van der Waals surface area (Å²) in [5, 5.41) is 0. The zero-order valence-electron chi connectivity index (χ0n) is 18.9. The van der Waals surface area contributed by atoms with Crippen LogP contribution in [0.1, 0.15) is 79.1 Å². The molecule has 0 bridgehead atoms. The van der Waals surface area contributed by atoms with Crippen molar-refractivity contribution in [3.63, 3.8) is 0 Å². The molecule has 0 unspecified atom stereocenters. The second kappa shape index (κ2) is 7.74. The molecule has 3 fully saturated rings. The molecule has 0 aliphatic heterocycles. The number of esters is 2. The van der Waals surface area contributed by atoms with Gasteiger partial charge in [0, 0.05) is 19.3 Å². The van der Waals surface area contributed by atoms with E-state index in [9.17, 15) is 9.59 Å². The van der Waals surface area contributed by atoms with Gasteiger partial charge in [-0.05, 0) is 87.0 Å². The average molecular weight is 413 g/mol. The van der Waals surface area contributed by atoms with E-state index in [4.69, 9.17) is 15.9 Å². The summed E-state index contributed by atoms with van der Waals surface area (Å²) >= 11 is 0. The Kier molecular flexibility index (Phi) is 5.54. The molecular weight excluding hydrogens is 376 g/mol. The van der Waals surface area contributed by atoms with Gasteiger partial charge in [-0.25, -0.2) is 0 Å². The number of allylic oxidation sites excluding steroid dienone is 1. The van der Waals surface area contributed by atoms with Crippen LogP contribution < -0.4 is 0 Å². The van der Waals surface area contributed by atoms with E-state index in [1.165, 1.54) is 19.4 Å². The van der Waals surface area contributed by atoms with Crippen molar-refractivity contribution in [2.75, 3.05) is 0 Å². The van der Waals surface area contributed by atoms with E-state index in [0.29, 0.717) is 29.6 Å². The number of fused-ring (bicyclic) bond motifs is 5. The number of hydrogen-bond acceptors (Lipinski definition) is 4. The SMILES string of the molecule is C#C[C@@]1(OC(C)=O)CC[C@H]2[C@@H]3CCC4=C[C@@H](OC(C)=O)CC[C@@H]4[C@H]3[C@@H](C)C[C@@]21CC. The zero-order chi connectivity index (χ0) is 21.7. The highest BCUT2D eigenvalue weighted by Crippen LogP contribution is 2.68. The maximum atomic E-state index is 12.0. The summed E-state index contributed by atoms with van der Waals surface area (Å²) in [6, 6.07) is 0. The molecule has 30 heavy (non-hydrogen) atoms. The van der Waals surface area contributed by atoms with Gasteiger partial charge in [-0.3, -0.25) is 9.59 Å². The molecule has 0 aromatic heterocycles. The van der Waals surface area contributed by atoms with Crippen molar-refractivity contribution in [1.29, 1.82) is 0 Å². The van der Waals surface area contributed by atoms with Crippen molar-refractivity contribution in [2.45, 2.75) is 90.8 Å². The molecule has 0 aromatic carbocycles. The first kappa shape index (κ1) is 21.5. The Hall–Kier alpha value is -1.76. The largest absolute Gasteiger partial charge is 0.458 e. The highest BCUT2D eigenvalue weighted by molar-refractivity contribution is 5.67. The Labute approximate surface area is 181 Å². The minimum atomic E-state index is -0.749. The Morgan fingerprint density at radius 1 is 1.20 bits per heavy atom. The smallest absolute Gasteiger partial charge is 0.304 e. The van der Waals surface area contributed by atoms with E-state index in [1.54, 1.807) is 0 Å². The highest BCUT2D eigenvalue weighted by atomic mass is 16.6. The van der Waals surface area contributed by atoms with Gasteiger partial charge >= 0.3 is 11.9 Å². The molecule has 164 valence electrons. The van der Waals surface area contributed by atoms with E-state index in [1.807, 2.05) is 0 Å². The Morgan fingerprint density at radius 2 is 1.97 bits per heavy atom. The van der Waals surface area contributed by atoms with Crippen LogP contribution in [0.5, 0.6) is 0 Å². The number of rotatable bonds is 3. The van der Waals surface area contributed by atoms with Crippen molar-refractivity contribution < 1.29 is 19.1 Å². The second-order valence-electron chi connectivity index (χ2n) is 10.3. The molecule has 4 rings (SSSR count). The number of carbonyl (C=O) groups excluding carboxylic acids is 2. The van der Waals surface area contributed by atoms with E-state index < -0.39 is 5.60 Å². The average Bonchev–Trinajstić information content (AvgIpc) is 3.01. The number of carbonyl (C=O) groups is 2. The molecule has 0 amide bonds. The number of terminal acetylenes is 1. The Bertz CT molecular complexity index is 791. The lowest BCUT2D eigenvalue weighted by molar-refractivity contribution is -0.175. The normalized spacial score (nSPS) is 44.6. The molecule has 0 heterocycles. The molecule has 0 radical (unpaired) electrons. The minimum absolute atomic E-state index is 0.0523. The fourth-order valence-electron chi connectivity index (χ4n) is 8.27. The van der Waals surface area contributed by atoms with Gasteiger partial charge in [0.15, 0.2) is 5.60 Å². The van der Waals surface area contributed by atoms with Gasteiger partial charge in [-0.2, -0.15) is 0 Å². The van der Waals surface area contributed by atoms with Gasteiger partial charge in [-0.15, -0.1) is 6.42 Å². The molecule has 0 spiro atoms. The minimum Gasteiger partial charge on any atom is -0.458 e. The summed E-state index contributed by atoms with van der Waals surface area (Å²) in [4.78, 5) is 23.4. The van der Waals surface area contributed by atoms with Crippen LogP contribution in [0.15, 0.2) is 11.6 Å². The molecule has 0 N–H and O–H groups in total. The first-order valence-electron chi connectivity index (χ1n) is 11.8. The van der Waals surface area contributed by atoms with Crippen molar-refractivity contribution >= 4 is 11.9 Å². The number of hydrogen-bond donors (Lipinski definition) is 0. The fraction of sp³-hybridized carbons (Fsp3) is 0.769. The maximum absolute atomic E-state index is 12.0. The molecular formula is C26H36O4. The lowest BCUT2D eigenvalue weighted by atomic mass is 9.46. The Balaban J connectivity index is 1.65. The predicted octanol–water partition coefficient (Wildman–Crippen LogP) is 5.06. The van der Waals surface area contributed by atoms with Crippen LogP contribution in [0.3, 0.4) is 0 Å². The monoisotopic (exact) mass is 412 g/mol. The van der Waals surface area contributed by atoms with Gasteiger partial charge in [0.2, 0.25) is 0 Å². The van der Waals surface area contributed by atoms with Gasteiger partial charge in [0.1, 0.15) is 6.10 Å². The third kappa shape index (κ3) is 3.12. The van der Waals surface area contributed by atoms with Crippen LogP contribution in [-0.4, -0.2) is 23.6 Å². The van der Waals surface area contributed by atoms with Crippen LogP contribution in [0.2, 0.25) is 0 Å². The first-order chi connectivity index (χ1) is 14.3. The standard InChI is InChI=1S/C26H36O4/c1-6-25-15-16(3)24-21-11-9-20(29-17(4)27)14-19(21)8-10-22(24)23(25)12-13-26(25,7-2)30-18(5)28/h2,14,16,20-24H,6,8-13,15H2,1,3-5H3/t16-,20-,21-,22-,23-,24+,25-,26+/m0/s1. The van der Waals surface area contributed by atoms with E-state index in [2.05, 4.69) is 25.8 Å². The van der Waals surface area contributed by atoms with Gasteiger partial charge in [-0.1, -0.05) is 25.3 Å². The molecule has 3 saturated carbocycles. The lowest BCUT2D eigenvalue weighted by Crippen LogP contribution is -2.57. The summed E-state index contributed by atoms with van der Waals surface area (Å²) in [6.07, 6.45) is 16.4. The van der Waals surface area contributed by atoms with E-state index in [-0.39, 0.29) is 23.5 Å². The van der Waals surface area contributed by atoms with Crippen molar-refractivity contribution in [1.82, 2.24) is 0 Å². The fourth-order valence-corrected chi connectivity index (χ4v) is 8.27. The van der Waals surface area contributed by atoms with Crippen LogP contribution in [-0.2, 0) is 19.1 Å². The maximum Gasteiger partial charge on any atom is 0.304 e. The van der Waals surface area contributed by atoms with Crippen molar-refractivity contribution in [3.8, 4) is 12.3 Å². The summed E-state index contributed by atoms with van der Waals surface area (Å²) in [5.41, 5.74) is 0.649. The second-order valence-corrected chi connectivity index (χ2v) is 10.3. The summed E-state index contributed by atoms with van der Waals surface area (Å²) < 4.78 is 11.5. The summed E-state index contributed by atoms with van der Waals surface area (Å²) in [6.45, 7) is 7.61. The molecule has 0 saturated heterocycles. The van der Waals surface area contributed by atoms with Crippen LogP contribution in [0.25, 0.3) is 0 Å². The summed E-state index contributed by atoms with van der Waals surface area (Å²) in [5.74, 6) is 5.48. The lowest BCUT2D eigenvalue weighted by Gasteiger charge is -2.59. The van der Waals surface area contributed by atoms with Crippen LogP contribution in [0.4, 0.5) is 0 Å². The van der Waals surface area contributed by atoms with E-state index in [0.717, 1.165) is 51.4 Å². The molecule has 8 atom stereocenters. The molecule has 4 aliphatic carbocycles. The molecule has 0 aromatic rings. The van der Waals surface area contributed by atoms with Crippen LogP contribution >= 0.6 is 0 Å². The highest BCUT2D eigenvalue weighted by Gasteiger charge is 2.67. The molecule has 4 aliphatic rings. The topological polar surface area (TPSA) is 52.6 Å². The van der Waals surface area contributed by atoms with Gasteiger partial charge in [0.25, 0.3) is 0 Å². The van der Waals surface area contributed by atoms with E-state index >= 15 is 0 Å². The summed E-state index contributed by atoms with van der Waals surface area (Å²) in [7, 11) is 0. The molecule has 4 nitrogen and oxygen atoms in total. The molecule has 4 heteroatoms. The van der Waals surface area contributed by atoms with Crippen LogP contribution in [0, 0.1) is 47.3 Å². The third-order valence-electron chi connectivity index (χ3n) is 9.04. The Morgan fingerprint density at radius 3 is 2.60 bits per heavy atom. The van der Waals surface area contributed by atoms with Gasteiger partial charge < -0.3 is 9.47 Å². The predicted molar refractivity (Wildman–Crippen MR) is 115 cm³/mol. The van der Waals surface area contributed by atoms with Crippen molar-refractivity contribution in [3.05, 3.63) is 11.6 Å². The first-order valence-corrected chi connectivity index (χ1v) is 11.8. The number of ether oxygens (including phenoxy) is 2. The van der Waals surface area contributed by atoms with Gasteiger partial charge in [0.05, 0.1) is 0 Å². The quantitative estimate of drug-likeness (QED) is 0.369. The third-order valence-corrected chi connectivity index (χ3v) is 9.04.